The number of nitrogens with one attached hydrogen (secondary N) is 1. The number of nitrogens with zero attached hydrogens (tertiary/aromatic N) is 5. The van der Waals surface area contributed by atoms with Gasteiger partial charge in [0.15, 0.2) is 5.65 Å². The van der Waals surface area contributed by atoms with Gasteiger partial charge in [-0.1, -0.05) is 20.8 Å². The van der Waals surface area contributed by atoms with E-state index in [1.165, 1.54) is 0 Å². The maximum absolute atomic E-state index is 12.0. The van der Waals surface area contributed by atoms with Crippen molar-refractivity contribution in [2.75, 3.05) is 24.5 Å². The van der Waals surface area contributed by atoms with Crippen LogP contribution in [0.5, 0.6) is 0 Å². The summed E-state index contributed by atoms with van der Waals surface area (Å²) < 4.78 is 7.63. The molecule has 3 heterocycles. The van der Waals surface area contributed by atoms with Crippen molar-refractivity contribution in [1.29, 1.82) is 0 Å². The summed E-state index contributed by atoms with van der Waals surface area (Å²) in [6.45, 7) is 12.5. The lowest BCUT2D eigenvalue weighted by Gasteiger charge is -2.36. The van der Waals surface area contributed by atoms with Gasteiger partial charge in [0, 0.05) is 25.0 Å². The van der Waals surface area contributed by atoms with Gasteiger partial charge in [-0.05, 0) is 13.8 Å². The summed E-state index contributed by atoms with van der Waals surface area (Å²) in [5.74, 6) is 0.919. The predicted molar refractivity (Wildman–Crippen MR) is 100 cm³/mol. The quantitative estimate of drug-likeness (QED) is 0.891. The molecule has 3 rings (SSSR count). The van der Waals surface area contributed by atoms with Crippen molar-refractivity contribution in [2.45, 2.75) is 53.4 Å². The summed E-state index contributed by atoms with van der Waals surface area (Å²) in [5.41, 5.74) is 0.387. The zero-order valence-corrected chi connectivity index (χ0v) is 16.2. The SMILES string of the molecule is C[C@H]1CN(c2ncnc3c2cnn3CCNC(=O)C(C)(C)C)C[C@H](C)O1. The van der Waals surface area contributed by atoms with Gasteiger partial charge >= 0.3 is 0 Å². The molecule has 2 atom stereocenters. The van der Waals surface area contributed by atoms with Crippen LogP contribution in [0, 0.1) is 5.41 Å². The van der Waals surface area contributed by atoms with E-state index in [1.54, 1.807) is 12.5 Å². The van der Waals surface area contributed by atoms with E-state index in [2.05, 4.69) is 39.1 Å². The van der Waals surface area contributed by atoms with E-state index in [0.717, 1.165) is 29.9 Å². The van der Waals surface area contributed by atoms with Crippen LogP contribution in [0.15, 0.2) is 12.5 Å². The Kier molecular flexibility index (Phi) is 5.13. The summed E-state index contributed by atoms with van der Waals surface area (Å²) in [4.78, 5) is 23.1. The highest BCUT2D eigenvalue weighted by Crippen LogP contribution is 2.25. The Balaban J connectivity index is 1.75. The fourth-order valence-electron chi connectivity index (χ4n) is 3.19. The molecule has 8 nitrogen and oxygen atoms in total. The number of aromatic nitrogens is 4. The number of morpholine rings is 1. The number of anilines is 1. The number of ether oxygens (including phenoxy) is 1. The molecule has 0 aromatic carbocycles. The Labute approximate surface area is 153 Å². The molecular formula is C18H28N6O2. The van der Waals surface area contributed by atoms with Gasteiger partial charge in [-0.3, -0.25) is 4.79 Å². The maximum Gasteiger partial charge on any atom is 0.225 e. The first-order valence-corrected chi connectivity index (χ1v) is 9.11. The van der Waals surface area contributed by atoms with Gasteiger partial charge in [0.25, 0.3) is 0 Å². The molecule has 0 aliphatic carbocycles. The zero-order valence-electron chi connectivity index (χ0n) is 16.2. The molecule has 1 amide bonds. The molecule has 1 aliphatic rings. The van der Waals surface area contributed by atoms with Gasteiger partial charge in [-0.25, -0.2) is 14.6 Å². The number of hydrogen-bond donors (Lipinski definition) is 1. The van der Waals surface area contributed by atoms with Crippen molar-refractivity contribution >= 4 is 22.8 Å². The van der Waals surface area contributed by atoms with Crippen LogP contribution in [0.1, 0.15) is 34.6 Å². The van der Waals surface area contributed by atoms with Gasteiger partial charge in [-0.15, -0.1) is 0 Å². The third-order valence-corrected chi connectivity index (χ3v) is 4.42. The average Bonchev–Trinajstić information content (AvgIpc) is 2.96. The normalized spacial score (nSPS) is 21.2. The highest BCUT2D eigenvalue weighted by Gasteiger charge is 2.25. The van der Waals surface area contributed by atoms with Crippen molar-refractivity contribution in [3.05, 3.63) is 12.5 Å². The van der Waals surface area contributed by atoms with Gasteiger partial charge in [-0.2, -0.15) is 5.10 Å². The first-order valence-electron chi connectivity index (χ1n) is 9.11. The predicted octanol–water partition coefficient (Wildman–Crippen LogP) is 1.60. The number of rotatable bonds is 4. The lowest BCUT2D eigenvalue weighted by Crippen LogP contribution is -2.45. The maximum atomic E-state index is 12.0. The van der Waals surface area contributed by atoms with Crippen molar-refractivity contribution in [2.24, 2.45) is 5.41 Å². The fraction of sp³-hybridized carbons (Fsp3) is 0.667. The van der Waals surface area contributed by atoms with E-state index in [1.807, 2.05) is 25.5 Å². The fourth-order valence-corrected chi connectivity index (χ4v) is 3.19. The minimum absolute atomic E-state index is 0.0283. The molecule has 0 bridgehead atoms. The van der Waals surface area contributed by atoms with Crippen molar-refractivity contribution < 1.29 is 9.53 Å². The Morgan fingerprint density at radius 2 is 1.96 bits per heavy atom. The van der Waals surface area contributed by atoms with Crippen LogP contribution in [0.2, 0.25) is 0 Å². The summed E-state index contributed by atoms with van der Waals surface area (Å²) in [5, 5.41) is 8.32. The van der Waals surface area contributed by atoms with Gasteiger partial charge in [0.05, 0.1) is 30.3 Å². The van der Waals surface area contributed by atoms with E-state index >= 15 is 0 Å². The van der Waals surface area contributed by atoms with E-state index in [0.29, 0.717) is 13.1 Å². The highest BCUT2D eigenvalue weighted by atomic mass is 16.5. The molecular weight excluding hydrogens is 332 g/mol. The van der Waals surface area contributed by atoms with E-state index in [9.17, 15) is 4.79 Å². The van der Waals surface area contributed by atoms with Crippen LogP contribution in [-0.2, 0) is 16.1 Å². The molecule has 8 heteroatoms. The van der Waals surface area contributed by atoms with E-state index < -0.39 is 5.41 Å². The molecule has 1 fully saturated rings. The summed E-state index contributed by atoms with van der Waals surface area (Å²) in [7, 11) is 0. The first-order chi connectivity index (χ1) is 12.3. The van der Waals surface area contributed by atoms with Gasteiger partial charge in [0.2, 0.25) is 5.91 Å². The molecule has 0 spiro atoms. The minimum Gasteiger partial charge on any atom is -0.372 e. The second kappa shape index (κ2) is 7.19. The number of carbonyl (C=O) groups is 1. The highest BCUT2D eigenvalue weighted by molar-refractivity contribution is 5.86. The molecule has 26 heavy (non-hydrogen) atoms. The lowest BCUT2D eigenvalue weighted by molar-refractivity contribution is -0.128. The molecule has 142 valence electrons. The molecule has 0 saturated carbocycles. The molecule has 1 N–H and O–H groups in total. The second-order valence-electron chi connectivity index (χ2n) is 7.97. The van der Waals surface area contributed by atoms with Crippen molar-refractivity contribution in [3.8, 4) is 0 Å². The van der Waals surface area contributed by atoms with E-state index in [4.69, 9.17) is 4.74 Å². The third-order valence-electron chi connectivity index (χ3n) is 4.42. The Morgan fingerprint density at radius 3 is 2.62 bits per heavy atom. The summed E-state index contributed by atoms with van der Waals surface area (Å²) in [6.07, 6.45) is 3.70. The monoisotopic (exact) mass is 360 g/mol. The van der Waals surface area contributed by atoms with Gasteiger partial charge < -0.3 is 15.0 Å². The summed E-state index contributed by atoms with van der Waals surface area (Å²) >= 11 is 0. The molecule has 0 radical (unpaired) electrons. The second-order valence-corrected chi connectivity index (χ2v) is 7.97. The number of carbonyl (C=O) groups excluding carboxylic acids is 1. The number of hydrogen-bond acceptors (Lipinski definition) is 6. The average molecular weight is 360 g/mol. The molecule has 1 saturated heterocycles. The van der Waals surface area contributed by atoms with Crippen molar-refractivity contribution in [1.82, 2.24) is 25.1 Å². The van der Waals surface area contributed by atoms with Crippen LogP contribution < -0.4 is 10.2 Å². The zero-order chi connectivity index (χ0) is 18.9. The first kappa shape index (κ1) is 18.6. The molecule has 2 aromatic rings. The number of amides is 1. The Bertz CT molecular complexity index is 772. The van der Waals surface area contributed by atoms with Crippen LogP contribution in [0.4, 0.5) is 5.82 Å². The standard InChI is InChI=1S/C18H28N6O2/c1-12-9-23(10-13(2)26-12)15-14-8-22-24(16(14)21-11-20-15)7-6-19-17(25)18(3,4)5/h8,11-13H,6-7,9-10H2,1-5H3,(H,19,25)/t12-,13-/m0/s1. The van der Waals surface area contributed by atoms with Crippen LogP contribution in [0.3, 0.4) is 0 Å². The lowest BCUT2D eigenvalue weighted by atomic mass is 9.96. The number of fused-ring (bicyclic) bond motifs is 1. The van der Waals surface area contributed by atoms with Crippen LogP contribution in [0.25, 0.3) is 11.0 Å². The molecule has 0 unspecified atom stereocenters. The Morgan fingerprint density at radius 1 is 1.27 bits per heavy atom. The smallest absolute Gasteiger partial charge is 0.225 e. The van der Waals surface area contributed by atoms with E-state index in [-0.39, 0.29) is 18.1 Å². The summed E-state index contributed by atoms with van der Waals surface area (Å²) in [6, 6.07) is 0. The third kappa shape index (κ3) is 3.95. The minimum atomic E-state index is -0.398. The van der Waals surface area contributed by atoms with Crippen LogP contribution in [-0.4, -0.2) is 57.5 Å². The van der Waals surface area contributed by atoms with Crippen LogP contribution >= 0.6 is 0 Å². The Hall–Kier alpha value is -2.22. The van der Waals surface area contributed by atoms with Crippen molar-refractivity contribution in [3.63, 3.8) is 0 Å². The van der Waals surface area contributed by atoms with Gasteiger partial charge in [0.1, 0.15) is 12.1 Å². The largest absolute Gasteiger partial charge is 0.372 e. The molecule has 2 aromatic heterocycles. The molecule has 1 aliphatic heterocycles. The topological polar surface area (TPSA) is 85.2 Å².